The first-order chi connectivity index (χ1) is 25.7. The minimum absolute atomic E-state index is 0. The van der Waals surface area contributed by atoms with Gasteiger partial charge in [0.05, 0.1) is 44.9 Å². The number of pyridine rings is 2. The Labute approximate surface area is 324 Å². The molecule has 0 aliphatic rings. The van der Waals surface area contributed by atoms with Gasteiger partial charge in [-0.25, -0.2) is 26.8 Å². The van der Waals surface area contributed by atoms with Crippen molar-refractivity contribution in [2.45, 2.75) is 6.42 Å². The van der Waals surface area contributed by atoms with Crippen LogP contribution in [-0.2, 0) is 20.0 Å². The topological polar surface area (TPSA) is 174 Å². The minimum Gasteiger partial charge on any atom is -0.412 e. The summed E-state index contributed by atoms with van der Waals surface area (Å²) < 4.78 is 56.7. The molecule has 0 amide bonds. The summed E-state index contributed by atoms with van der Waals surface area (Å²) in [7, 11) is -7.62. The van der Waals surface area contributed by atoms with Crippen LogP contribution in [0.3, 0.4) is 0 Å². The van der Waals surface area contributed by atoms with Crippen LogP contribution in [0.5, 0.6) is 0 Å². The zero-order valence-corrected chi connectivity index (χ0v) is 31.7. The number of fused-ring (bicyclic) bond motifs is 4. The smallest absolute Gasteiger partial charge is 0.232 e. The molecular formula is C41H37ClN6O5S2. The summed E-state index contributed by atoms with van der Waals surface area (Å²) in [5.41, 5.74) is 7.59. The van der Waals surface area contributed by atoms with E-state index in [1.165, 1.54) is 0 Å². The Bertz CT molecular complexity index is 2560. The Kier molecular flexibility index (Phi) is 11.4. The van der Waals surface area contributed by atoms with Gasteiger partial charge in [-0.2, -0.15) is 0 Å². The molecular weight excluding hydrogens is 756 g/mol. The highest BCUT2D eigenvalue weighted by Crippen LogP contribution is 2.35. The van der Waals surface area contributed by atoms with Gasteiger partial charge >= 0.3 is 0 Å². The summed E-state index contributed by atoms with van der Waals surface area (Å²) >= 11 is 0. The van der Waals surface area contributed by atoms with E-state index in [9.17, 15) is 16.8 Å². The van der Waals surface area contributed by atoms with E-state index in [-0.39, 0.29) is 35.8 Å². The van der Waals surface area contributed by atoms with Gasteiger partial charge in [0.15, 0.2) is 0 Å². The lowest BCUT2D eigenvalue weighted by atomic mass is 10.1. The maximum Gasteiger partial charge on any atom is 0.232 e. The van der Waals surface area contributed by atoms with Crippen molar-refractivity contribution in [2.24, 2.45) is 0 Å². The number of anilines is 6. The normalized spacial score (nSPS) is 11.5. The number of hydrogen-bond donors (Lipinski definition) is 4. The molecule has 280 valence electrons. The molecule has 0 atom stereocenters. The first-order valence-electron chi connectivity index (χ1n) is 17.0. The Balaban J connectivity index is 0.00000257. The zero-order valence-electron chi connectivity index (χ0n) is 29.2. The Morgan fingerprint density at radius 1 is 0.400 bits per heavy atom. The molecule has 8 rings (SSSR count). The Morgan fingerprint density at radius 3 is 0.982 bits per heavy atom. The van der Waals surface area contributed by atoms with E-state index in [2.05, 4.69) is 20.1 Å². The average molecular weight is 793 g/mol. The fourth-order valence-electron chi connectivity index (χ4n) is 6.38. The van der Waals surface area contributed by atoms with Crippen molar-refractivity contribution in [3.05, 3.63) is 146 Å². The lowest BCUT2D eigenvalue weighted by molar-refractivity contribution is 0.595. The van der Waals surface area contributed by atoms with E-state index < -0.39 is 20.0 Å². The molecule has 55 heavy (non-hydrogen) atoms. The molecule has 0 aliphatic carbocycles. The average Bonchev–Trinajstić information content (AvgIpc) is 3.15. The summed E-state index contributed by atoms with van der Waals surface area (Å²) in [4.78, 5) is 9.53. The van der Waals surface area contributed by atoms with Crippen molar-refractivity contribution in [1.82, 2.24) is 9.97 Å². The lowest BCUT2D eigenvalue weighted by Crippen LogP contribution is -2.22. The van der Waals surface area contributed by atoms with Gasteiger partial charge in [0.1, 0.15) is 0 Å². The van der Waals surface area contributed by atoms with Gasteiger partial charge in [0, 0.05) is 44.3 Å². The van der Waals surface area contributed by atoms with Crippen LogP contribution >= 0.6 is 12.4 Å². The lowest BCUT2D eigenvalue weighted by Gasteiger charge is -2.14. The van der Waals surface area contributed by atoms with Gasteiger partial charge < -0.3 is 16.1 Å². The number of nitrogens with zero attached hydrogens (tertiary/aromatic N) is 2. The van der Waals surface area contributed by atoms with Crippen LogP contribution in [0.2, 0.25) is 0 Å². The van der Waals surface area contributed by atoms with E-state index in [1.807, 2.05) is 97.1 Å². The van der Waals surface area contributed by atoms with E-state index >= 15 is 0 Å². The van der Waals surface area contributed by atoms with E-state index in [0.717, 1.165) is 66.4 Å². The van der Waals surface area contributed by atoms with Crippen LogP contribution < -0.4 is 20.1 Å². The molecule has 8 aromatic rings. The number of nitrogens with one attached hydrogen (secondary N) is 4. The summed E-state index contributed by atoms with van der Waals surface area (Å²) in [6.45, 7) is 0. The number of rotatable bonds is 12. The summed E-state index contributed by atoms with van der Waals surface area (Å²) in [6, 6.07) is 45.4. The number of halogens is 1. The quantitative estimate of drug-likeness (QED) is 0.0889. The molecule has 0 bridgehead atoms. The monoisotopic (exact) mass is 792 g/mol. The van der Waals surface area contributed by atoms with Crippen molar-refractivity contribution in [2.75, 3.05) is 31.6 Å². The minimum atomic E-state index is -3.81. The first kappa shape index (κ1) is 38.7. The first-order valence-corrected chi connectivity index (χ1v) is 20.3. The number of hydrogen-bond acceptors (Lipinski definition) is 8. The molecule has 11 nitrogen and oxygen atoms in total. The fourth-order valence-corrected chi connectivity index (χ4v) is 8.81. The maximum atomic E-state index is 12.9. The number of para-hydroxylation sites is 4. The third-order valence-electron chi connectivity index (χ3n) is 8.86. The summed E-state index contributed by atoms with van der Waals surface area (Å²) in [5.74, 6) is -0.723. The SMILES string of the molecule is Cl.O.O=S(=O)(CCCS(=O)(=O)Nc1ccc(Nc2c3ccccc3nc3ccccc23)cc1)Nc1ccc(Nc2c3ccccc3nc3ccccc23)cc1. The maximum absolute atomic E-state index is 12.9. The predicted molar refractivity (Wildman–Crippen MR) is 228 cm³/mol. The summed E-state index contributed by atoms with van der Waals surface area (Å²) in [5, 5.41) is 10.8. The van der Waals surface area contributed by atoms with Gasteiger partial charge in [-0.1, -0.05) is 72.8 Å². The zero-order chi connectivity index (χ0) is 36.4. The van der Waals surface area contributed by atoms with Crippen LogP contribution in [0.15, 0.2) is 146 Å². The molecule has 0 saturated heterocycles. The molecule has 14 heteroatoms. The second-order valence-electron chi connectivity index (χ2n) is 12.6. The standard InChI is InChI=1S/C41H34N6O4S2.ClH.H2O/c48-52(49,46-30-22-18-28(19-23-30)42-40-32-10-1-5-14-36(32)44-37-15-6-2-11-33(37)40)26-9-27-53(50,51)47-31-24-20-29(21-25-31)43-41-34-12-3-7-16-38(34)45-39-17-8-4-13-35(39)41;;/h1-8,10-25,46-47H,9,26-27H2,(H,42,44)(H,43,45);1H;1H2. The Morgan fingerprint density at radius 2 is 0.673 bits per heavy atom. The molecule has 0 aliphatic heterocycles. The van der Waals surface area contributed by atoms with Crippen molar-refractivity contribution >= 4 is 110 Å². The van der Waals surface area contributed by atoms with Gasteiger partial charge in [-0.3, -0.25) is 9.44 Å². The highest BCUT2D eigenvalue weighted by atomic mass is 35.5. The molecule has 0 spiro atoms. The summed E-state index contributed by atoms with van der Waals surface area (Å²) in [6.07, 6.45) is -0.0890. The fraction of sp³-hybridized carbons (Fsp3) is 0.0732. The molecule has 0 radical (unpaired) electrons. The van der Waals surface area contributed by atoms with Crippen LogP contribution in [0.25, 0.3) is 43.6 Å². The van der Waals surface area contributed by atoms with Gasteiger partial charge in [-0.05, 0) is 79.2 Å². The molecule has 6 N–H and O–H groups in total. The van der Waals surface area contributed by atoms with Gasteiger partial charge in [0.2, 0.25) is 20.0 Å². The second-order valence-corrected chi connectivity index (χ2v) is 16.3. The van der Waals surface area contributed by atoms with Gasteiger partial charge in [0.25, 0.3) is 0 Å². The van der Waals surface area contributed by atoms with Crippen LogP contribution in [0.1, 0.15) is 6.42 Å². The largest absolute Gasteiger partial charge is 0.412 e. The Hall–Kier alpha value is -5.99. The number of sulfonamides is 2. The third kappa shape index (κ3) is 8.71. The molecule has 0 fully saturated rings. The van der Waals surface area contributed by atoms with Crippen molar-refractivity contribution < 1.29 is 22.3 Å². The van der Waals surface area contributed by atoms with Crippen molar-refractivity contribution in [1.29, 1.82) is 0 Å². The van der Waals surface area contributed by atoms with Crippen LogP contribution in [-0.4, -0.2) is 43.8 Å². The van der Waals surface area contributed by atoms with Crippen molar-refractivity contribution in [3.63, 3.8) is 0 Å². The van der Waals surface area contributed by atoms with E-state index in [4.69, 9.17) is 9.97 Å². The van der Waals surface area contributed by atoms with Gasteiger partial charge in [-0.15, -0.1) is 12.4 Å². The molecule has 0 saturated carbocycles. The molecule has 6 aromatic carbocycles. The number of benzene rings is 6. The van der Waals surface area contributed by atoms with Crippen molar-refractivity contribution in [3.8, 4) is 0 Å². The van der Waals surface area contributed by atoms with Crippen LogP contribution in [0, 0.1) is 0 Å². The number of aromatic nitrogens is 2. The van der Waals surface area contributed by atoms with E-state index in [0.29, 0.717) is 11.4 Å². The molecule has 2 aromatic heterocycles. The van der Waals surface area contributed by atoms with Crippen LogP contribution in [0.4, 0.5) is 34.1 Å². The predicted octanol–water partition coefficient (Wildman–Crippen LogP) is 8.75. The van der Waals surface area contributed by atoms with E-state index in [1.54, 1.807) is 48.5 Å². The molecule has 2 heterocycles. The second kappa shape index (κ2) is 16.2. The molecule has 0 unspecified atom stereocenters. The highest BCUT2D eigenvalue weighted by molar-refractivity contribution is 7.93. The highest BCUT2D eigenvalue weighted by Gasteiger charge is 2.17. The third-order valence-corrected chi connectivity index (χ3v) is 11.6.